The molecule has 0 unspecified atom stereocenters. The van der Waals surface area contributed by atoms with Crippen LogP contribution in [0, 0.1) is 17.0 Å². The molecule has 2 heterocycles. The van der Waals surface area contributed by atoms with Crippen LogP contribution in [0.5, 0.6) is 0 Å². The average Bonchev–Trinajstić information content (AvgIpc) is 3.05. The highest BCUT2D eigenvalue weighted by molar-refractivity contribution is 5.91. The zero-order valence-corrected chi connectivity index (χ0v) is 11.8. The molecule has 2 aromatic rings. The number of hydrogen-bond donors (Lipinski definition) is 1. The fraction of sp³-hybridized carbons (Fsp3) is 0.417. The molecule has 112 valence electrons. The number of nitrogens with one attached hydrogen (secondary N) is 1. The summed E-state index contributed by atoms with van der Waals surface area (Å²) in [5.41, 5.74) is 1.48. The van der Waals surface area contributed by atoms with E-state index >= 15 is 0 Å². The Kier molecular flexibility index (Phi) is 4.31. The van der Waals surface area contributed by atoms with E-state index < -0.39 is 4.92 Å². The zero-order valence-electron chi connectivity index (χ0n) is 11.8. The van der Waals surface area contributed by atoms with Crippen LogP contribution in [0.25, 0.3) is 0 Å². The fourth-order valence-electron chi connectivity index (χ4n) is 1.89. The SMILES string of the molecule is CCn1ncc(NC(=O)CCn2cc([N+](=O)[O-])cn2)c1C. The van der Waals surface area contributed by atoms with Crippen molar-refractivity contribution in [1.82, 2.24) is 19.6 Å². The number of anilines is 1. The van der Waals surface area contributed by atoms with Crippen molar-refractivity contribution in [3.63, 3.8) is 0 Å². The number of nitro groups is 1. The van der Waals surface area contributed by atoms with E-state index in [0.29, 0.717) is 5.69 Å². The lowest BCUT2D eigenvalue weighted by Crippen LogP contribution is -2.15. The van der Waals surface area contributed by atoms with Crippen LogP contribution in [0.15, 0.2) is 18.6 Å². The quantitative estimate of drug-likeness (QED) is 0.638. The lowest BCUT2D eigenvalue weighted by molar-refractivity contribution is -0.385. The van der Waals surface area contributed by atoms with Gasteiger partial charge in [0.1, 0.15) is 12.4 Å². The molecule has 21 heavy (non-hydrogen) atoms. The van der Waals surface area contributed by atoms with E-state index in [9.17, 15) is 14.9 Å². The highest BCUT2D eigenvalue weighted by atomic mass is 16.6. The third-order valence-corrected chi connectivity index (χ3v) is 3.08. The van der Waals surface area contributed by atoms with Crippen molar-refractivity contribution < 1.29 is 9.72 Å². The van der Waals surface area contributed by atoms with Crippen molar-refractivity contribution in [2.45, 2.75) is 33.4 Å². The Hall–Kier alpha value is -2.71. The van der Waals surface area contributed by atoms with E-state index in [1.165, 1.54) is 10.9 Å². The van der Waals surface area contributed by atoms with Gasteiger partial charge in [-0.1, -0.05) is 0 Å². The molecular weight excluding hydrogens is 276 g/mol. The van der Waals surface area contributed by atoms with Crippen LogP contribution in [-0.2, 0) is 17.9 Å². The van der Waals surface area contributed by atoms with Crippen LogP contribution in [-0.4, -0.2) is 30.4 Å². The maximum Gasteiger partial charge on any atom is 0.306 e. The summed E-state index contributed by atoms with van der Waals surface area (Å²) in [7, 11) is 0. The maximum atomic E-state index is 11.9. The maximum absolute atomic E-state index is 11.9. The molecule has 0 aliphatic heterocycles. The Balaban J connectivity index is 1.89. The van der Waals surface area contributed by atoms with E-state index in [1.807, 2.05) is 13.8 Å². The Morgan fingerprint density at radius 2 is 2.19 bits per heavy atom. The second kappa shape index (κ2) is 6.16. The second-order valence-electron chi connectivity index (χ2n) is 4.48. The minimum Gasteiger partial charge on any atom is -0.323 e. The monoisotopic (exact) mass is 292 g/mol. The summed E-state index contributed by atoms with van der Waals surface area (Å²) in [6, 6.07) is 0. The Morgan fingerprint density at radius 1 is 1.43 bits per heavy atom. The first kappa shape index (κ1) is 14.7. The predicted octanol–water partition coefficient (Wildman–Crippen LogP) is 1.34. The van der Waals surface area contributed by atoms with Crippen LogP contribution in [0.3, 0.4) is 0 Å². The molecule has 9 nitrogen and oxygen atoms in total. The van der Waals surface area contributed by atoms with Gasteiger partial charge in [-0.3, -0.25) is 24.3 Å². The van der Waals surface area contributed by atoms with Gasteiger partial charge in [-0.15, -0.1) is 0 Å². The number of aryl methyl sites for hydroxylation is 2. The first-order chi connectivity index (χ1) is 10.0. The third-order valence-electron chi connectivity index (χ3n) is 3.08. The molecule has 9 heteroatoms. The lowest BCUT2D eigenvalue weighted by Gasteiger charge is -2.05. The second-order valence-corrected chi connectivity index (χ2v) is 4.48. The normalized spacial score (nSPS) is 10.6. The van der Waals surface area contributed by atoms with Gasteiger partial charge >= 0.3 is 5.69 Å². The van der Waals surface area contributed by atoms with E-state index in [0.717, 1.165) is 18.4 Å². The molecule has 0 radical (unpaired) electrons. The average molecular weight is 292 g/mol. The Labute approximate surface area is 120 Å². The number of amides is 1. The highest BCUT2D eigenvalue weighted by Gasteiger charge is 2.11. The third kappa shape index (κ3) is 3.44. The van der Waals surface area contributed by atoms with Gasteiger partial charge in [0.25, 0.3) is 0 Å². The predicted molar refractivity (Wildman–Crippen MR) is 74.8 cm³/mol. The van der Waals surface area contributed by atoms with Crippen LogP contribution in [0.2, 0.25) is 0 Å². The summed E-state index contributed by atoms with van der Waals surface area (Å²) in [6.45, 7) is 4.86. The number of aromatic nitrogens is 4. The van der Waals surface area contributed by atoms with E-state index in [4.69, 9.17) is 0 Å². The number of hydrogen-bond acceptors (Lipinski definition) is 5. The van der Waals surface area contributed by atoms with E-state index in [2.05, 4.69) is 15.5 Å². The van der Waals surface area contributed by atoms with Crippen molar-refractivity contribution in [2.24, 2.45) is 0 Å². The first-order valence-electron chi connectivity index (χ1n) is 6.50. The molecule has 0 atom stereocenters. The minimum atomic E-state index is -0.522. The molecule has 0 aliphatic rings. The Morgan fingerprint density at radius 3 is 2.76 bits per heavy atom. The molecular formula is C12H16N6O3. The van der Waals surface area contributed by atoms with E-state index in [-0.39, 0.29) is 24.6 Å². The smallest absolute Gasteiger partial charge is 0.306 e. The van der Waals surface area contributed by atoms with Gasteiger partial charge in [-0.05, 0) is 13.8 Å². The number of carbonyl (C=O) groups excluding carboxylic acids is 1. The summed E-state index contributed by atoms with van der Waals surface area (Å²) in [5.74, 6) is -0.188. The Bertz CT molecular complexity index is 660. The largest absolute Gasteiger partial charge is 0.323 e. The molecule has 2 aromatic heterocycles. The van der Waals surface area contributed by atoms with Crippen LogP contribution in [0.4, 0.5) is 11.4 Å². The summed E-state index contributed by atoms with van der Waals surface area (Å²) < 4.78 is 3.16. The molecule has 0 spiro atoms. The van der Waals surface area contributed by atoms with Crippen molar-refractivity contribution >= 4 is 17.3 Å². The molecule has 0 aliphatic carbocycles. The molecule has 0 bridgehead atoms. The summed E-state index contributed by atoms with van der Waals surface area (Å²) in [5, 5.41) is 21.3. The minimum absolute atomic E-state index is 0.0875. The van der Waals surface area contributed by atoms with Gasteiger partial charge in [0.2, 0.25) is 5.91 Å². The molecule has 0 saturated heterocycles. The molecule has 0 aromatic carbocycles. The highest BCUT2D eigenvalue weighted by Crippen LogP contribution is 2.14. The van der Waals surface area contributed by atoms with Crippen LogP contribution >= 0.6 is 0 Å². The number of rotatable bonds is 6. The van der Waals surface area contributed by atoms with Gasteiger partial charge in [0.15, 0.2) is 0 Å². The fourth-order valence-corrected chi connectivity index (χ4v) is 1.89. The van der Waals surface area contributed by atoms with Gasteiger partial charge in [-0.25, -0.2) is 0 Å². The van der Waals surface area contributed by atoms with Crippen molar-refractivity contribution in [2.75, 3.05) is 5.32 Å². The molecule has 1 amide bonds. The zero-order chi connectivity index (χ0) is 15.4. The summed E-state index contributed by atoms with van der Waals surface area (Å²) >= 11 is 0. The van der Waals surface area contributed by atoms with Crippen molar-refractivity contribution in [3.05, 3.63) is 34.4 Å². The molecule has 0 fully saturated rings. The summed E-state index contributed by atoms with van der Waals surface area (Å²) in [4.78, 5) is 21.9. The number of nitrogens with zero attached hydrogens (tertiary/aromatic N) is 5. The van der Waals surface area contributed by atoms with Crippen molar-refractivity contribution in [3.8, 4) is 0 Å². The standard InChI is InChI=1S/C12H16N6O3/c1-3-17-9(2)11(7-14-17)15-12(19)4-5-16-8-10(6-13-16)18(20)21/h6-8H,3-5H2,1-2H3,(H,15,19). The van der Waals surface area contributed by atoms with Gasteiger partial charge in [0, 0.05) is 19.5 Å². The van der Waals surface area contributed by atoms with E-state index in [1.54, 1.807) is 10.9 Å². The van der Waals surface area contributed by atoms with Gasteiger partial charge in [0.05, 0.1) is 22.5 Å². The molecule has 2 rings (SSSR count). The molecule has 1 N–H and O–H groups in total. The topological polar surface area (TPSA) is 108 Å². The van der Waals surface area contributed by atoms with Crippen molar-refractivity contribution in [1.29, 1.82) is 0 Å². The first-order valence-corrected chi connectivity index (χ1v) is 6.50. The lowest BCUT2D eigenvalue weighted by atomic mass is 10.3. The summed E-state index contributed by atoms with van der Waals surface area (Å²) in [6.07, 6.45) is 4.24. The van der Waals surface area contributed by atoms with Crippen LogP contribution < -0.4 is 5.32 Å². The van der Waals surface area contributed by atoms with Crippen LogP contribution in [0.1, 0.15) is 19.0 Å². The van der Waals surface area contributed by atoms with Gasteiger partial charge in [-0.2, -0.15) is 10.2 Å². The van der Waals surface area contributed by atoms with Gasteiger partial charge < -0.3 is 5.32 Å². The number of carbonyl (C=O) groups is 1. The molecule has 0 saturated carbocycles.